The average Bonchev–Trinajstić information content (AvgIpc) is 3.01. The first-order chi connectivity index (χ1) is 13.0. The molecule has 1 aromatic heterocycles. The normalized spacial score (nSPS) is 10.6. The van der Waals surface area contributed by atoms with E-state index in [4.69, 9.17) is 11.6 Å². The maximum atomic E-state index is 12.3. The van der Waals surface area contributed by atoms with Crippen LogP contribution in [0.2, 0.25) is 5.02 Å². The smallest absolute Gasteiger partial charge is 0.272 e. The van der Waals surface area contributed by atoms with Crippen LogP contribution in [0.5, 0.6) is 0 Å². The van der Waals surface area contributed by atoms with Crippen molar-refractivity contribution in [3.63, 3.8) is 0 Å². The molecule has 138 valence electrons. The number of fused-ring (bicyclic) bond motifs is 1. The Morgan fingerprint density at radius 3 is 2.56 bits per heavy atom. The number of hydrogen-bond donors (Lipinski definition) is 2. The minimum atomic E-state index is -0.523. The molecule has 0 radical (unpaired) electrons. The second kappa shape index (κ2) is 8.38. The number of carbonyl (C=O) groups excluding carboxylic acids is 2. The third kappa shape index (κ3) is 4.38. The molecule has 10 heteroatoms. The quantitative estimate of drug-likeness (QED) is 0.368. The van der Waals surface area contributed by atoms with E-state index in [-0.39, 0.29) is 11.4 Å². The fraction of sp³-hybridized carbons (Fsp3) is 0.0588. The van der Waals surface area contributed by atoms with E-state index in [9.17, 15) is 19.7 Å². The summed E-state index contributed by atoms with van der Waals surface area (Å²) >= 11 is 8.46. The molecule has 0 atom stereocenters. The SMILES string of the molecule is O=C(CSc1ccccc1[N+](=O)[O-])NNC(=O)c1sc2ccccc2c1Cl. The summed E-state index contributed by atoms with van der Waals surface area (Å²) in [5.41, 5.74) is 4.53. The summed E-state index contributed by atoms with van der Waals surface area (Å²) in [7, 11) is 0. The summed E-state index contributed by atoms with van der Waals surface area (Å²) in [4.78, 5) is 35.3. The second-order valence-corrected chi connectivity index (χ2v) is 7.70. The number of amides is 2. The van der Waals surface area contributed by atoms with Gasteiger partial charge in [-0.15, -0.1) is 23.1 Å². The predicted molar refractivity (Wildman–Crippen MR) is 106 cm³/mol. The summed E-state index contributed by atoms with van der Waals surface area (Å²) in [6.07, 6.45) is 0. The molecule has 2 amide bonds. The molecule has 0 saturated heterocycles. The molecule has 0 aliphatic heterocycles. The monoisotopic (exact) mass is 421 g/mol. The van der Waals surface area contributed by atoms with Gasteiger partial charge in [0.2, 0.25) is 5.91 Å². The van der Waals surface area contributed by atoms with Gasteiger partial charge in [0.15, 0.2) is 0 Å². The van der Waals surface area contributed by atoms with Gasteiger partial charge in [-0.3, -0.25) is 30.6 Å². The first-order valence-corrected chi connectivity index (χ1v) is 9.78. The zero-order valence-electron chi connectivity index (χ0n) is 13.6. The zero-order chi connectivity index (χ0) is 19.4. The molecule has 27 heavy (non-hydrogen) atoms. The van der Waals surface area contributed by atoms with E-state index < -0.39 is 16.7 Å². The molecule has 2 aromatic carbocycles. The van der Waals surface area contributed by atoms with Crippen LogP contribution in [0.3, 0.4) is 0 Å². The number of thioether (sulfide) groups is 1. The number of nitrogens with zero attached hydrogens (tertiary/aromatic N) is 1. The van der Waals surface area contributed by atoms with Crippen LogP contribution in [0.4, 0.5) is 5.69 Å². The van der Waals surface area contributed by atoms with Crippen LogP contribution in [0, 0.1) is 10.1 Å². The first kappa shape index (κ1) is 19.2. The summed E-state index contributed by atoms with van der Waals surface area (Å²) < 4.78 is 0.867. The van der Waals surface area contributed by atoms with Gasteiger partial charge in [-0.1, -0.05) is 41.9 Å². The molecule has 0 unspecified atom stereocenters. The fourth-order valence-electron chi connectivity index (χ4n) is 2.25. The van der Waals surface area contributed by atoms with E-state index >= 15 is 0 Å². The van der Waals surface area contributed by atoms with Crippen molar-refractivity contribution < 1.29 is 14.5 Å². The van der Waals surface area contributed by atoms with Gasteiger partial charge in [0, 0.05) is 16.2 Å². The van der Waals surface area contributed by atoms with Crippen molar-refractivity contribution in [3.8, 4) is 0 Å². The lowest BCUT2D eigenvalue weighted by Crippen LogP contribution is -2.42. The standard InChI is InChI=1S/C17H12ClN3O4S2/c18-15-10-5-1-3-7-12(10)27-16(15)17(23)20-19-14(22)9-26-13-8-4-2-6-11(13)21(24)25/h1-8H,9H2,(H,19,22)(H,20,23). The van der Waals surface area contributed by atoms with Gasteiger partial charge < -0.3 is 0 Å². The van der Waals surface area contributed by atoms with E-state index in [1.807, 2.05) is 24.3 Å². The van der Waals surface area contributed by atoms with Gasteiger partial charge in [-0.2, -0.15) is 0 Å². The van der Waals surface area contributed by atoms with E-state index in [1.54, 1.807) is 18.2 Å². The van der Waals surface area contributed by atoms with Crippen LogP contribution in [0.1, 0.15) is 9.67 Å². The number of nitro benzene ring substituents is 1. The van der Waals surface area contributed by atoms with Crippen molar-refractivity contribution in [2.24, 2.45) is 0 Å². The van der Waals surface area contributed by atoms with Crippen LogP contribution >= 0.6 is 34.7 Å². The number of nitro groups is 1. The highest BCUT2D eigenvalue weighted by Gasteiger charge is 2.18. The topological polar surface area (TPSA) is 101 Å². The van der Waals surface area contributed by atoms with Crippen molar-refractivity contribution in [2.75, 3.05) is 5.75 Å². The molecular formula is C17H12ClN3O4S2. The van der Waals surface area contributed by atoms with Crippen molar-refractivity contribution in [3.05, 3.63) is 68.5 Å². The number of rotatable bonds is 5. The molecular weight excluding hydrogens is 410 g/mol. The molecule has 3 aromatic rings. The summed E-state index contributed by atoms with van der Waals surface area (Å²) in [5, 5.41) is 12.1. The number of benzene rings is 2. The van der Waals surface area contributed by atoms with Gasteiger partial charge >= 0.3 is 0 Å². The molecule has 1 heterocycles. The van der Waals surface area contributed by atoms with Crippen molar-refractivity contribution in [1.29, 1.82) is 0 Å². The van der Waals surface area contributed by atoms with Crippen LogP contribution in [0.15, 0.2) is 53.4 Å². The third-order valence-corrected chi connectivity index (χ3v) is 6.21. The van der Waals surface area contributed by atoms with Gasteiger partial charge in [-0.05, 0) is 12.1 Å². The van der Waals surface area contributed by atoms with E-state index in [1.165, 1.54) is 17.4 Å². The van der Waals surface area contributed by atoms with Crippen LogP contribution in [-0.4, -0.2) is 22.5 Å². The van der Waals surface area contributed by atoms with E-state index in [0.29, 0.717) is 14.8 Å². The zero-order valence-corrected chi connectivity index (χ0v) is 16.0. The molecule has 3 rings (SSSR count). The number of hydrazine groups is 1. The first-order valence-electron chi connectivity index (χ1n) is 7.60. The number of nitrogens with one attached hydrogen (secondary N) is 2. The fourth-order valence-corrected chi connectivity index (χ4v) is 4.49. The Kier molecular flexibility index (Phi) is 5.94. The molecule has 0 saturated carbocycles. The van der Waals surface area contributed by atoms with Gasteiger partial charge in [0.1, 0.15) is 4.88 Å². The maximum absolute atomic E-state index is 12.3. The van der Waals surface area contributed by atoms with Crippen LogP contribution in [0.25, 0.3) is 10.1 Å². The van der Waals surface area contributed by atoms with Crippen molar-refractivity contribution in [2.45, 2.75) is 4.90 Å². The number of thiophene rings is 1. The Bertz CT molecular complexity index is 1040. The Morgan fingerprint density at radius 1 is 1.11 bits per heavy atom. The van der Waals surface area contributed by atoms with Crippen LogP contribution in [-0.2, 0) is 4.79 Å². The number of para-hydroxylation sites is 1. The Morgan fingerprint density at radius 2 is 1.81 bits per heavy atom. The molecule has 2 N–H and O–H groups in total. The Balaban J connectivity index is 1.58. The van der Waals surface area contributed by atoms with E-state index in [2.05, 4.69) is 10.9 Å². The second-order valence-electron chi connectivity index (χ2n) is 5.26. The van der Waals surface area contributed by atoms with Gasteiger partial charge in [0.25, 0.3) is 11.6 Å². The highest BCUT2D eigenvalue weighted by molar-refractivity contribution is 8.00. The summed E-state index contributed by atoms with van der Waals surface area (Å²) in [6.45, 7) is 0. The summed E-state index contributed by atoms with van der Waals surface area (Å²) in [5.74, 6) is -1.11. The molecule has 0 aliphatic rings. The maximum Gasteiger partial charge on any atom is 0.282 e. The lowest BCUT2D eigenvalue weighted by Gasteiger charge is -2.07. The lowest BCUT2D eigenvalue weighted by atomic mass is 10.2. The minimum Gasteiger partial charge on any atom is -0.272 e. The highest BCUT2D eigenvalue weighted by Crippen LogP contribution is 2.34. The molecule has 0 aliphatic carbocycles. The third-order valence-electron chi connectivity index (χ3n) is 3.48. The van der Waals surface area contributed by atoms with Crippen molar-refractivity contribution in [1.82, 2.24) is 10.9 Å². The molecule has 0 spiro atoms. The van der Waals surface area contributed by atoms with Gasteiger partial charge in [-0.25, -0.2) is 0 Å². The average molecular weight is 422 g/mol. The molecule has 7 nitrogen and oxygen atoms in total. The predicted octanol–water partition coefficient (Wildman–Crippen LogP) is 4.02. The van der Waals surface area contributed by atoms with E-state index in [0.717, 1.165) is 21.8 Å². The molecule has 0 bridgehead atoms. The number of carbonyl (C=O) groups is 2. The number of hydrogen-bond acceptors (Lipinski definition) is 6. The van der Waals surface area contributed by atoms with Crippen molar-refractivity contribution >= 4 is 62.3 Å². The highest BCUT2D eigenvalue weighted by atomic mass is 35.5. The Hall–Kier alpha value is -2.62. The van der Waals surface area contributed by atoms with Gasteiger partial charge in [0.05, 0.1) is 20.6 Å². The lowest BCUT2D eigenvalue weighted by molar-refractivity contribution is -0.387. The summed E-state index contributed by atoms with van der Waals surface area (Å²) in [6, 6.07) is 13.5. The Labute approximate surface area is 166 Å². The largest absolute Gasteiger partial charge is 0.282 e. The number of halogens is 1. The molecule has 0 fully saturated rings. The minimum absolute atomic E-state index is 0.0728. The van der Waals surface area contributed by atoms with Crippen LogP contribution < -0.4 is 10.9 Å².